The van der Waals surface area contributed by atoms with E-state index in [0.29, 0.717) is 12.1 Å². The second kappa shape index (κ2) is 10.1. The van der Waals surface area contributed by atoms with Crippen LogP contribution >= 0.6 is 0 Å². The van der Waals surface area contributed by atoms with Crippen molar-refractivity contribution in [3.8, 4) is 16.9 Å². The van der Waals surface area contributed by atoms with Gasteiger partial charge in [-0.15, -0.1) is 0 Å². The molecule has 2 aliphatic carbocycles. The molecule has 2 aromatic carbocycles. The molecule has 1 unspecified atom stereocenters. The number of hydrogen-bond donors (Lipinski definition) is 1. The lowest BCUT2D eigenvalue weighted by atomic mass is 9.84. The lowest BCUT2D eigenvalue weighted by Gasteiger charge is -2.48. The van der Waals surface area contributed by atoms with Crippen molar-refractivity contribution in [1.82, 2.24) is 4.98 Å². The minimum Gasteiger partial charge on any atom is -0.496 e. The topological polar surface area (TPSA) is 54.5 Å². The van der Waals surface area contributed by atoms with Gasteiger partial charge in [0.1, 0.15) is 5.75 Å². The number of rotatable bonds is 8. The molecule has 2 aliphatic rings. The van der Waals surface area contributed by atoms with Crippen molar-refractivity contribution < 1.29 is 9.53 Å². The third-order valence-corrected chi connectivity index (χ3v) is 7.70. The van der Waals surface area contributed by atoms with Crippen LogP contribution < -0.4 is 15.0 Å². The van der Waals surface area contributed by atoms with E-state index in [1.54, 1.807) is 13.3 Å². The normalized spacial score (nSPS) is 16.7. The maximum absolute atomic E-state index is 13.1. The molecule has 2 fully saturated rings. The summed E-state index contributed by atoms with van der Waals surface area (Å²) in [6.45, 7) is 3.93. The Labute approximate surface area is 208 Å². The van der Waals surface area contributed by atoms with Crippen LogP contribution in [-0.4, -0.2) is 30.1 Å². The molecule has 0 radical (unpaired) electrons. The Morgan fingerprint density at radius 2 is 1.69 bits per heavy atom. The summed E-state index contributed by atoms with van der Waals surface area (Å²) in [5.74, 6) is 0.443. The van der Waals surface area contributed by atoms with Crippen LogP contribution in [0.2, 0.25) is 0 Å². The number of carbonyl (C=O) groups is 1. The number of hydrogen-bond acceptors (Lipinski definition) is 4. The number of ether oxygens (including phenoxy) is 1. The zero-order chi connectivity index (χ0) is 24.4. The standard InChI is InChI=1S/C30H35N3O2/c1-20-18-23(16-17-31-20)28-15-12-24(19-29(28)35-3)32-30(34)21(2)22-10-13-27(14-11-22)33(25-6-4-7-25)26-8-5-9-26/h10-19,21,25-26H,4-9H2,1-3H3,(H,32,34). The lowest BCUT2D eigenvalue weighted by molar-refractivity contribution is -0.117. The Morgan fingerprint density at radius 1 is 1.00 bits per heavy atom. The molecule has 1 heterocycles. The van der Waals surface area contributed by atoms with E-state index in [4.69, 9.17) is 4.74 Å². The molecule has 0 spiro atoms. The highest BCUT2D eigenvalue weighted by atomic mass is 16.5. The summed E-state index contributed by atoms with van der Waals surface area (Å²) in [4.78, 5) is 20.0. The molecule has 1 amide bonds. The van der Waals surface area contributed by atoms with E-state index in [1.165, 1.54) is 44.2 Å². The maximum Gasteiger partial charge on any atom is 0.231 e. The van der Waals surface area contributed by atoms with Gasteiger partial charge in [0.05, 0.1) is 13.0 Å². The van der Waals surface area contributed by atoms with Crippen LogP contribution in [0, 0.1) is 6.92 Å². The van der Waals surface area contributed by atoms with Gasteiger partial charge < -0.3 is 15.0 Å². The number of pyridine rings is 1. The Morgan fingerprint density at radius 3 is 2.26 bits per heavy atom. The highest BCUT2D eigenvalue weighted by Crippen LogP contribution is 2.38. The summed E-state index contributed by atoms with van der Waals surface area (Å²) in [6.07, 6.45) is 9.71. The monoisotopic (exact) mass is 469 g/mol. The van der Waals surface area contributed by atoms with E-state index in [2.05, 4.69) is 39.5 Å². The van der Waals surface area contributed by atoms with Gasteiger partial charge in [-0.3, -0.25) is 9.78 Å². The van der Waals surface area contributed by atoms with Crippen molar-refractivity contribution in [1.29, 1.82) is 0 Å². The predicted molar refractivity (Wildman–Crippen MR) is 142 cm³/mol. The molecule has 1 atom stereocenters. The van der Waals surface area contributed by atoms with Gasteiger partial charge in [0, 0.05) is 47.0 Å². The fourth-order valence-corrected chi connectivity index (χ4v) is 5.11. The van der Waals surface area contributed by atoms with E-state index >= 15 is 0 Å². The molecule has 0 saturated heterocycles. The molecular weight excluding hydrogens is 434 g/mol. The van der Waals surface area contributed by atoms with Crippen molar-refractivity contribution >= 4 is 17.3 Å². The van der Waals surface area contributed by atoms with Crippen LogP contribution in [0.3, 0.4) is 0 Å². The first-order valence-corrected chi connectivity index (χ1v) is 12.8. The van der Waals surface area contributed by atoms with E-state index in [-0.39, 0.29) is 11.8 Å². The molecule has 5 rings (SSSR count). The second-order valence-electron chi connectivity index (χ2n) is 9.98. The second-order valence-corrected chi connectivity index (χ2v) is 9.98. The zero-order valence-electron chi connectivity index (χ0n) is 21.0. The molecule has 5 heteroatoms. The summed E-state index contributed by atoms with van der Waals surface area (Å²) in [7, 11) is 1.65. The Balaban J connectivity index is 1.28. The molecule has 5 nitrogen and oxygen atoms in total. The quantitative estimate of drug-likeness (QED) is 0.398. The predicted octanol–water partition coefficient (Wildman–Crippen LogP) is 6.72. The molecule has 3 aromatic rings. The lowest BCUT2D eigenvalue weighted by Crippen LogP contribution is -2.49. The van der Waals surface area contributed by atoms with Crippen LogP contribution in [-0.2, 0) is 4.79 Å². The first kappa shape index (κ1) is 23.4. The zero-order valence-corrected chi connectivity index (χ0v) is 21.0. The number of methoxy groups -OCH3 is 1. The minimum absolute atomic E-state index is 0.0258. The number of benzene rings is 2. The SMILES string of the molecule is COc1cc(NC(=O)C(C)c2ccc(N(C3CCC3)C3CCC3)cc2)ccc1-c1ccnc(C)c1. The van der Waals surface area contributed by atoms with Crippen molar-refractivity contribution in [2.45, 2.75) is 70.4 Å². The Bertz CT molecular complexity index is 1170. The minimum atomic E-state index is -0.251. The van der Waals surface area contributed by atoms with Crippen molar-refractivity contribution in [3.63, 3.8) is 0 Å². The summed E-state index contributed by atoms with van der Waals surface area (Å²) in [6, 6.07) is 19.8. The molecule has 1 N–H and O–H groups in total. The molecule has 0 aliphatic heterocycles. The van der Waals surface area contributed by atoms with Crippen LogP contribution in [0.5, 0.6) is 5.75 Å². The average Bonchev–Trinajstić information content (AvgIpc) is 2.81. The van der Waals surface area contributed by atoms with Gasteiger partial charge in [-0.1, -0.05) is 12.1 Å². The number of anilines is 2. The highest BCUT2D eigenvalue weighted by Gasteiger charge is 2.33. The summed E-state index contributed by atoms with van der Waals surface area (Å²) < 4.78 is 5.63. The molecule has 2 saturated carbocycles. The van der Waals surface area contributed by atoms with Gasteiger partial charge in [0.2, 0.25) is 5.91 Å². The van der Waals surface area contributed by atoms with E-state index in [1.807, 2.05) is 44.2 Å². The number of nitrogens with one attached hydrogen (secondary N) is 1. The van der Waals surface area contributed by atoms with Crippen molar-refractivity contribution in [2.75, 3.05) is 17.3 Å². The van der Waals surface area contributed by atoms with Gasteiger partial charge in [0.15, 0.2) is 0 Å². The summed E-state index contributed by atoms with van der Waals surface area (Å²) in [5, 5.41) is 3.07. The van der Waals surface area contributed by atoms with Gasteiger partial charge in [-0.25, -0.2) is 0 Å². The maximum atomic E-state index is 13.1. The van der Waals surface area contributed by atoms with Gasteiger partial charge in [0.25, 0.3) is 0 Å². The van der Waals surface area contributed by atoms with Crippen LogP contribution in [0.15, 0.2) is 60.8 Å². The summed E-state index contributed by atoms with van der Waals surface area (Å²) in [5.41, 5.74) is 6.03. The van der Waals surface area contributed by atoms with E-state index in [0.717, 1.165) is 33.8 Å². The highest BCUT2D eigenvalue weighted by molar-refractivity contribution is 5.96. The fourth-order valence-electron chi connectivity index (χ4n) is 5.11. The third-order valence-electron chi connectivity index (χ3n) is 7.70. The van der Waals surface area contributed by atoms with Crippen LogP contribution in [0.4, 0.5) is 11.4 Å². The number of aromatic nitrogens is 1. The Hall–Kier alpha value is -3.34. The first-order chi connectivity index (χ1) is 17.0. The van der Waals surface area contributed by atoms with Gasteiger partial charge >= 0.3 is 0 Å². The summed E-state index contributed by atoms with van der Waals surface area (Å²) >= 11 is 0. The molecule has 35 heavy (non-hydrogen) atoms. The smallest absolute Gasteiger partial charge is 0.231 e. The van der Waals surface area contributed by atoms with Crippen molar-refractivity contribution in [3.05, 3.63) is 72.1 Å². The van der Waals surface area contributed by atoms with Crippen molar-refractivity contribution in [2.24, 2.45) is 0 Å². The number of carbonyl (C=O) groups excluding carboxylic acids is 1. The van der Waals surface area contributed by atoms with Gasteiger partial charge in [-0.05, 0) is 99.9 Å². The molecular formula is C30H35N3O2. The third kappa shape index (κ3) is 4.90. The van der Waals surface area contributed by atoms with E-state index < -0.39 is 0 Å². The largest absolute Gasteiger partial charge is 0.496 e. The van der Waals surface area contributed by atoms with E-state index in [9.17, 15) is 4.79 Å². The van der Waals surface area contributed by atoms with Gasteiger partial charge in [-0.2, -0.15) is 0 Å². The molecule has 182 valence electrons. The molecule has 0 bridgehead atoms. The number of nitrogens with zero attached hydrogens (tertiary/aromatic N) is 2. The number of amides is 1. The van der Waals surface area contributed by atoms with Crippen LogP contribution in [0.25, 0.3) is 11.1 Å². The Kier molecular flexibility index (Phi) is 6.76. The first-order valence-electron chi connectivity index (χ1n) is 12.8. The average molecular weight is 470 g/mol. The molecule has 1 aromatic heterocycles. The fraction of sp³-hybridized carbons (Fsp3) is 0.400. The van der Waals surface area contributed by atoms with Crippen LogP contribution in [0.1, 0.15) is 62.6 Å². The number of aryl methyl sites for hydroxylation is 1.